The van der Waals surface area contributed by atoms with Crippen LogP contribution in [0, 0.1) is 6.92 Å². The Labute approximate surface area is 133 Å². The first kappa shape index (κ1) is 15.1. The Morgan fingerprint density at radius 3 is 3.14 bits per heavy atom. The maximum Gasteiger partial charge on any atom is 0.226 e. The molecule has 2 aromatic heterocycles. The molecule has 2 N–H and O–H groups in total. The smallest absolute Gasteiger partial charge is 0.226 e. The molecular weight excluding hydrogens is 298 g/mol. The highest BCUT2D eigenvalue weighted by Crippen LogP contribution is 2.19. The van der Waals surface area contributed by atoms with Gasteiger partial charge in [-0.1, -0.05) is 0 Å². The van der Waals surface area contributed by atoms with Crippen LogP contribution in [-0.2, 0) is 4.79 Å². The molecule has 1 amide bonds. The van der Waals surface area contributed by atoms with Crippen molar-refractivity contribution in [2.75, 3.05) is 23.4 Å². The average molecular weight is 317 g/mol. The van der Waals surface area contributed by atoms with Crippen molar-refractivity contribution in [3.05, 3.63) is 36.5 Å². The van der Waals surface area contributed by atoms with Gasteiger partial charge in [-0.15, -0.1) is 0 Å². The second-order valence-electron chi connectivity index (χ2n) is 5.20. The molecule has 1 aliphatic rings. The zero-order valence-electron chi connectivity index (χ0n) is 12.5. The Kier molecular flexibility index (Phi) is 4.74. The number of imidazole rings is 1. The molecule has 22 heavy (non-hydrogen) atoms. The van der Waals surface area contributed by atoms with Crippen LogP contribution in [0.1, 0.15) is 12.2 Å². The lowest BCUT2D eigenvalue weighted by Gasteiger charge is -2.22. The van der Waals surface area contributed by atoms with Gasteiger partial charge in [0.15, 0.2) is 5.82 Å². The molecule has 2 aromatic rings. The van der Waals surface area contributed by atoms with Crippen LogP contribution >= 0.6 is 11.8 Å². The van der Waals surface area contributed by atoms with Crippen LogP contribution in [0.5, 0.6) is 0 Å². The van der Waals surface area contributed by atoms with Crippen molar-refractivity contribution >= 4 is 23.4 Å². The normalized spacial score (nSPS) is 18.1. The fourth-order valence-electron chi connectivity index (χ4n) is 2.46. The molecular formula is C15H19N5OS. The van der Waals surface area contributed by atoms with E-state index in [1.165, 1.54) is 0 Å². The quantitative estimate of drug-likeness (QED) is 0.896. The molecule has 3 rings (SSSR count). The Morgan fingerprint density at radius 1 is 1.50 bits per heavy atom. The number of aryl methyl sites for hydroxylation is 1. The molecule has 0 bridgehead atoms. The lowest BCUT2D eigenvalue weighted by molar-refractivity contribution is -0.116. The fraction of sp³-hybridized carbons (Fsp3) is 0.400. The Hall–Kier alpha value is -1.86. The van der Waals surface area contributed by atoms with Crippen LogP contribution in [0.2, 0.25) is 0 Å². The molecule has 0 saturated carbocycles. The standard InChI is InChI=1S/C15H19N5OS/c1-11-16-5-7-20(11)15-13(3-2-4-18-15)19-14(21)9-12-10-22-8-6-17-12/h2-5,7,12,17H,6,8-10H2,1H3,(H,19,21). The van der Waals surface area contributed by atoms with Crippen molar-refractivity contribution in [3.8, 4) is 5.82 Å². The zero-order valence-corrected chi connectivity index (χ0v) is 13.3. The highest BCUT2D eigenvalue weighted by molar-refractivity contribution is 7.99. The van der Waals surface area contributed by atoms with Gasteiger partial charge < -0.3 is 10.6 Å². The third-order valence-corrected chi connectivity index (χ3v) is 4.68. The van der Waals surface area contributed by atoms with Gasteiger partial charge in [-0.05, 0) is 19.1 Å². The first-order valence-electron chi connectivity index (χ1n) is 7.30. The number of rotatable bonds is 4. The van der Waals surface area contributed by atoms with Crippen LogP contribution in [0.25, 0.3) is 5.82 Å². The number of carbonyl (C=O) groups is 1. The highest BCUT2D eigenvalue weighted by Gasteiger charge is 2.18. The van der Waals surface area contributed by atoms with Crippen LogP contribution in [0.4, 0.5) is 5.69 Å². The van der Waals surface area contributed by atoms with E-state index in [1.54, 1.807) is 12.4 Å². The number of thioether (sulfide) groups is 1. The van der Waals surface area contributed by atoms with Crippen molar-refractivity contribution in [2.45, 2.75) is 19.4 Å². The summed E-state index contributed by atoms with van der Waals surface area (Å²) in [5.74, 6) is 3.63. The average Bonchev–Trinajstić information content (AvgIpc) is 2.95. The van der Waals surface area contributed by atoms with Crippen molar-refractivity contribution in [1.29, 1.82) is 0 Å². The minimum Gasteiger partial charge on any atom is -0.323 e. The molecule has 1 atom stereocenters. The second-order valence-corrected chi connectivity index (χ2v) is 6.35. The monoisotopic (exact) mass is 317 g/mol. The van der Waals surface area contributed by atoms with E-state index >= 15 is 0 Å². The Balaban J connectivity index is 1.72. The van der Waals surface area contributed by atoms with Crippen LogP contribution in [-0.4, -0.2) is 44.5 Å². The molecule has 116 valence electrons. The van der Waals surface area contributed by atoms with Crippen molar-refractivity contribution in [3.63, 3.8) is 0 Å². The second kappa shape index (κ2) is 6.93. The number of carbonyl (C=O) groups excluding carboxylic acids is 1. The predicted octanol–water partition coefficient (Wildman–Crippen LogP) is 1.61. The number of pyridine rings is 1. The highest BCUT2D eigenvalue weighted by atomic mass is 32.2. The molecule has 3 heterocycles. The van der Waals surface area contributed by atoms with E-state index in [-0.39, 0.29) is 11.9 Å². The van der Waals surface area contributed by atoms with E-state index in [0.29, 0.717) is 17.9 Å². The van der Waals surface area contributed by atoms with Crippen molar-refractivity contribution in [1.82, 2.24) is 19.9 Å². The Bertz CT molecular complexity index is 651. The summed E-state index contributed by atoms with van der Waals surface area (Å²) < 4.78 is 1.87. The summed E-state index contributed by atoms with van der Waals surface area (Å²) in [6, 6.07) is 3.93. The summed E-state index contributed by atoms with van der Waals surface area (Å²) in [6.45, 7) is 2.87. The van der Waals surface area contributed by atoms with Gasteiger partial charge in [-0.25, -0.2) is 9.97 Å². The molecule has 0 spiro atoms. The van der Waals surface area contributed by atoms with E-state index in [9.17, 15) is 4.79 Å². The van der Waals surface area contributed by atoms with E-state index in [2.05, 4.69) is 20.6 Å². The summed E-state index contributed by atoms with van der Waals surface area (Å²) >= 11 is 1.89. The molecule has 0 aromatic carbocycles. The SMILES string of the molecule is Cc1nccn1-c1ncccc1NC(=O)CC1CSCCN1. The molecule has 7 heteroatoms. The first-order chi connectivity index (χ1) is 10.7. The summed E-state index contributed by atoms with van der Waals surface area (Å²) in [4.78, 5) is 20.8. The van der Waals surface area contributed by atoms with E-state index in [0.717, 1.165) is 23.9 Å². The first-order valence-corrected chi connectivity index (χ1v) is 8.46. The van der Waals surface area contributed by atoms with Gasteiger partial charge in [-0.2, -0.15) is 11.8 Å². The fourth-order valence-corrected chi connectivity index (χ4v) is 3.41. The zero-order chi connectivity index (χ0) is 15.4. The number of hydrogen-bond donors (Lipinski definition) is 2. The third kappa shape index (κ3) is 3.48. The molecule has 6 nitrogen and oxygen atoms in total. The Morgan fingerprint density at radius 2 is 2.41 bits per heavy atom. The van der Waals surface area contributed by atoms with Gasteiger partial charge in [0.25, 0.3) is 0 Å². The molecule has 1 fully saturated rings. The molecule has 0 aliphatic carbocycles. The van der Waals surface area contributed by atoms with Crippen LogP contribution < -0.4 is 10.6 Å². The molecule has 1 aliphatic heterocycles. The number of aromatic nitrogens is 3. The third-order valence-electron chi connectivity index (χ3n) is 3.54. The number of anilines is 1. The summed E-state index contributed by atoms with van der Waals surface area (Å²) in [5.41, 5.74) is 0.706. The van der Waals surface area contributed by atoms with Gasteiger partial charge in [0, 0.05) is 49.1 Å². The maximum atomic E-state index is 12.3. The van der Waals surface area contributed by atoms with Crippen molar-refractivity contribution < 1.29 is 4.79 Å². The number of nitrogens with zero attached hydrogens (tertiary/aromatic N) is 3. The van der Waals surface area contributed by atoms with E-state index < -0.39 is 0 Å². The lowest BCUT2D eigenvalue weighted by atomic mass is 10.2. The summed E-state index contributed by atoms with van der Waals surface area (Å²) in [5, 5.41) is 6.35. The molecule has 1 saturated heterocycles. The van der Waals surface area contributed by atoms with Gasteiger partial charge in [0.05, 0.1) is 5.69 Å². The number of hydrogen-bond acceptors (Lipinski definition) is 5. The van der Waals surface area contributed by atoms with E-state index in [4.69, 9.17) is 0 Å². The van der Waals surface area contributed by atoms with Gasteiger partial charge in [-0.3, -0.25) is 9.36 Å². The van der Waals surface area contributed by atoms with Gasteiger partial charge in [0.1, 0.15) is 5.82 Å². The van der Waals surface area contributed by atoms with Crippen LogP contribution in [0.3, 0.4) is 0 Å². The predicted molar refractivity (Wildman–Crippen MR) is 88.5 cm³/mol. The largest absolute Gasteiger partial charge is 0.323 e. The molecule has 1 unspecified atom stereocenters. The topological polar surface area (TPSA) is 71.8 Å². The van der Waals surface area contributed by atoms with Crippen LogP contribution in [0.15, 0.2) is 30.7 Å². The molecule has 0 radical (unpaired) electrons. The van der Waals surface area contributed by atoms with Crippen molar-refractivity contribution in [2.24, 2.45) is 0 Å². The minimum absolute atomic E-state index is 0.00650. The number of nitrogens with one attached hydrogen (secondary N) is 2. The lowest BCUT2D eigenvalue weighted by Crippen LogP contribution is -2.40. The van der Waals surface area contributed by atoms with E-state index in [1.807, 2.05) is 41.6 Å². The summed E-state index contributed by atoms with van der Waals surface area (Å²) in [7, 11) is 0. The summed E-state index contributed by atoms with van der Waals surface area (Å²) in [6.07, 6.45) is 5.75. The minimum atomic E-state index is 0.00650. The maximum absolute atomic E-state index is 12.3. The van der Waals surface area contributed by atoms with Gasteiger partial charge >= 0.3 is 0 Å². The van der Waals surface area contributed by atoms with Gasteiger partial charge in [0.2, 0.25) is 5.91 Å². The number of amides is 1.